The first kappa shape index (κ1) is 14.2. The van der Waals surface area contributed by atoms with E-state index in [1.807, 2.05) is 25.1 Å². The predicted octanol–water partition coefficient (Wildman–Crippen LogP) is 5.77. The fourth-order valence-electron chi connectivity index (χ4n) is 1.64. The molecular formula is C14H12BrIOS. The molecule has 0 radical (unpaired) electrons. The molecule has 0 aliphatic rings. The number of hydrogen-bond acceptors (Lipinski definition) is 2. The first-order chi connectivity index (χ1) is 8.61. The van der Waals surface area contributed by atoms with Crippen molar-refractivity contribution in [1.29, 1.82) is 0 Å². The lowest BCUT2D eigenvalue weighted by atomic mass is 10.2. The summed E-state index contributed by atoms with van der Waals surface area (Å²) >= 11 is 7.37. The Hall–Kier alpha value is -0.200. The molecule has 1 aromatic heterocycles. The Bertz CT molecular complexity index is 577. The molecule has 1 heterocycles. The number of ketones is 1. The molecule has 4 heteroatoms. The molecule has 0 fully saturated rings. The molecule has 0 N–H and O–H groups in total. The lowest BCUT2D eigenvalue weighted by molar-refractivity contribution is 0.0985. The molecule has 0 saturated carbocycles. The van der Waals surface area contributed by atoms with Crippen molar-refractivity contribution >= 4 is 55.6 Å². The van der Waals surface area contributed by atoms with Crippen LogP contribution in [0.2, 0.25) is 0 Å². The first-order valence-electron chi connectivity index (χ1n) is 5.70. The SMILES string of the molecule is CCCC(=O)c1ccc(-c2ccc(Br)c(I)c2)s1. The van der Waals surface area contributed by atoms with Crippen LogP contribution in [0.25, 0.3) is 10.4 Å². The topological polar surface area (TPSA) is 17.1 Å². The normalized spacial score (nSPS) is 10.6. The maximum atomic E-state index is 11.8. The van der Waals surface area contributed by atoms with Crippen LogP contribution in [0, 0.1) is 3.57 Å². The standard InChI is InChI=1S/C14H12BrIOS/c1-2-3-12(17)14-7-6-13(18-14)9-4-5-10(15)11(16)8-9/h4-8H,2-3H2,1H3. The van der Waals surface area contributed by atoms with Crippen LogP contribution >= 0.6 is 49.9 Å². The van der Waals surface area contributed by atoms with Crippen LogP contribution in [0.1, 0.15) is 29.4 Å². The van der Waals surface area contributed by atoms with Crippen LogP contribution in [0.3, 0.4) is 0 Å². The minimum absolute atomic E-state index is 0.251. The number of carbonyl (C=O) groups is 1. The molecule has 0 saturated heterocycles. The Balaban J connectivity index is 2.29. The van der Waals surface area contributed by atoms with Gasteiger partial charge in [0.1, 0.15) is 0 Å². The number of thiophene rings is 1. The number of benzene rings is 1. The monoisotopic (exact) mass is 434 g/mol. The van der Waals surface area contributed by atoms with Crippen LogP contribution in [0.15, 0.2) is 34.8 Å². The second-order valence-electron chi connectivity index (χ2n) is 3.97. The Morgan fingerprint density at radius 2 is 2.11 bits per heavy atom. The lowest BCUT2D eigenvalue weighted by Gasteiger charge is -2.00. The second kappa shape index (κ2) is 6.30. The fraction of sp³-hybridized carbons (Fsp3) is 0.214. The third kappa shape index (κ3) is 3.22. The minimum atomic E-state index is 0.251. The molecule has 0 aliphatic heterocycles. The minimum Gasteiger partial charge on any atom is -0.293 e. The first-order valence-corrected chi connectivity index (χ1v) is 8.39. The maximum absolute atomic E-state index is 11.8. The van der Waals surface area contributed by atoms with E-state index < -0.39 is 0 Å². The number of carbonyl (C=O) groups excluding carboxylic acids is 1. The Morgan fingerprint density at radius 1 is 1.33 bits per heavy atom. The van der Waals surface area contributed by atoms with Gasteiger partial charge in [0.15, 0.2) is 5.78 Å². The zero-order valence-corrected chi connectivity index (χ0v) is 14.4. The molecule has 18 heavy (non-hydrogen) atoms. The number of rotatable bonds is 4. The van der Waals surface area contributed by atoms with Crippen molar-refractivity contribution in [1.82, 2.24) is 0 Å². The third-order valence-electron chi connectivity index (χ3n) is 2.56. The summed E-state index contributed by atoms with van der Waals surface area (Å²) in [4.78, 5) is 13.8. The van der Waals surface area contributed by atoms with E-state index in [1.165, 1.54) is 9.13 Å². The molecule has 2 rings (SSSR count). The van der Waals surface area contributed by atoms with Crippen molar-refractivity contribution in [3.8, 4) is 10.4 Å². The fourth-order valence-corrected chi connectivity index (χ4v) is 3.37. The highest BCUT2D eigenvalue weighted by atomic mass is 127. The molecule has 0 spiro atoms. The van der Waals surface area contributed by atoms with Gasteiger partial charge in [-0.3, -0.25) is 4.79 Å². The smallest absolute Gasteiger partial charge is 0.172 e. The highest BCUT2D eigenvalue weighted by Gasteiger charge is 2.10. The summed E-state index contributed by atoms with van der Waals surface area (Å²) in [6.07, 6.45) is 1.54. The van der Waals surface area contributed by atoms with Crippen LogP contribution in [-0.2, 0) is 0 Å². The third-order valence-corrected chi connectivity index (χ3v) is 6.06. The van der Waals surface area contributed by atoms with Crippen molar-refractivity contribution in [3.05, 3.63) is 43.3 Å². The second-order valence-corrected chi connectivity index (χ2v) is 7.07. The molecule has 0 aliphatic carbocycles. The summed E-state index contributed by atoms with van der Waals surface area (Å²) in [5, 5.41) is 0. The van der Waals surface area contributed by atoms with Gasteiger partial charge in [0, 0.05) is 19.3 Å². The van der Waals surface area contributed by atoms with Gasteiger partial charge in [0.05, 0.1) is 4.88 Å². The molecule has 1 nitrogen and oxygen atoms in total. The van der Waals surface area contributed by atoms with E-state index in [2.05, 4.69) is 50.7 Å². The lowest BCUT2D eigenvalue weighted by Crippen LogP contribution is -1.93. The predicted molar refractivity (Wildman–Crippen MR) is 89.4 cm³/mol. The van der Waals surface area contributed by atoms with Gasteiger partial charge in [0.2, 0.25) is 0 Å². The van der Waals surface area contributed by atoms with E-state index in [9.17, 15) is 4.79 Å². The maximum Gasteiger partial charge on any atom is 0.172 e. The van der Waals surface area contributed by atoms with Crippen LogP contribution in [0.4, 0.5) is 0 Å². The van der Waals surface area contributed by atoms with Crippen molar-refractivity contribution in [2.24, 2.45) is 0 Å². The van der Waals surface area contributed by atoms with Crippen molar-refractivity contribution in [2.75, 3.05) is 0 Å². The number of Topliss-reactive ketones (excluding diaryl/α,β-unsaturated/α-hetero) is 1. The molecule has 0 bridgehead atoms. The van der Waals surface area contributed by atoms with E-state index in [0.29, 0.717) is 6.42 Å². The molecule has 0 atom stereocenters. The Labute approximate surface area is 133 Å². The average Bonchev–Trinajstić information content (AvgIpc) is 2.82. The van der Waals surface area contributed by atoms with E-state index in [-0.39, 0.29) is 5.78 Å². The Kier molecular flexibility index (Phi) is 4.98. The van der Waals surface area contributed by atoms with Gasteiger partial charge in [-0.05, 0) is 74.8 Å². The zero-order chi connectivity index (χ0) is 13.1. The summed E-state index contributed by atoms with van der Waals surface area (Å²) in [7, 11) is 0. The van der Waals surface area contributed by atoms with Gasteiger partial charge in [0.25, 0.3) is 0 Å². The van der Waals surface area contributed by atoms with Gasteiger partial charge in [-0.25, -0.2) is 0 Å². The average molecular weight is 435 g/mol. The van der Waals surface area contributed by atoms with Crippen LogP contribution in [-0.4, -0.2) is 5.78 Å². The van der Waals surface area contributed by atoms with Gasteiger partial charge < -0.3 is 0 Å². The van der Waals surface area contributed by atoms with Crippen LogP contribution < -0.4 is 0 Å². The summed E-state index contributed by atoms with van der Waals surface area (Å²) in [6, 6.07) is 10.2. The summed E-state index contributed by atoms with van der Waals surface area (Å²) in [5.74, 6) is 0.251. The van der Waals surface area contributed by atoms with Gasteiger partial charge in [-0.2, -0.15) is 0 Å². The van der Waals surface area contributed by atoms with Crippen LogP contribution in [0.5, 0.6) is 0 Å². The summed E-state index contributed by atoms with van der Waals surface area (Å²) in [6.45, 7) is 2.03. The van der Waals surface area contributed by atoms with E-state index in [1.54, 1.807) is 11.3 Å². The van der Waals surface area contributed by atoms with Crippen molar-refractivity contribution < 1.29 is 4.79 Å². The largest absolute Gasteiger partial charge is 0.293 e. The van der Waals surface area contributed by atoms with E-state index in [0.717, 1.165) is 20.6 Å². The summed E-state index contributed by atoms with van der Waals surface area (Å²) < 4.78 is 2.28. The van der Waals surface area contributed by atoms with Gasteiger partial charge in [-0.15, -0.1) is 11.3 Å². The quantitative estimate of drug-likeness (QED) is 0.441. The molecule has 94 valence electrons. The molecule has 2 aromatic rings. The highest BCUT2D eigenvalue weighted by molar-refractivity contribution is 14.1. The molecule has 0 unspecified atom stereocenters. The van der Waals surface area contributed by atoms with Gasteiger partial charge >= 0.3 is 0 Å². The molecule has 1 aromatic carbocycles. The van der Waals surface area contributed by atoms with Crippen molar-refractivity contribution in [3.63, 3.8) is 0 Å². The van der Waals surface area contributed by atoms with E-state index >= 15 is 0 Å². The Morgan fingerprint density at radius 3 is 2.78 bits per heavy atom. The zero-order valence-electron chi connectivity index (χ0n) is 9.87. The number of hydrogen-bond donors (Lipinski definition) is 0. The summed E-state index contributed by atoms with van der Waals surface area (Å²) in [5.41, 5.74) is 1.17. The highest BCUT2D eigenvalue weighted by Crippen LogP contribution is 2.32. The number of halogens is 2. The van der Waals surface area contributed by atoms with Crippen molar-refractivity contribution in [2.45, 2.75) is 19.8 Å². The molecule has 0 amide bonds. The van der Waals surface area contributed by atoms with E-state index in [4.69, 9.17) is 0 Å². The molecular weight excluding hydrogens is 423 g/mol. The van der Waals surface area contributed by atoms with Gasteiger partial charge in [-0.1, -0.05) is 13.0 Å².